The monoisotopic (exact) mass is 558 g/mol. The van der Waals surface area contributed by atoms with Gasteiger partial charge in [-0.2, -0.15) is 0 Å². The van der Waals surface area contributed by atoms with Crippen LogP contribution >= 0.6 is 0 Å². The highest BCUT2D eigenvalue weighted by Crippen LogP contribution is 2.07. The van der Waals surface area contributed by atoms with Crippen LogP contribution in [0.2, 0.25) is 0 Å². The standard InChI is InChI=1S/C25H46N6O8/c1-19(2)25(39)20(26)5-3-4-6-27-21(18-32)31-13-11-29(16-23(35)36)9-7-28(15-22(33)34)8-10-30(12-14-31)17-24(37)38/h18-21,27H,3-17,26H2,1-2H3,(H,33,34)(H,35,36)(H,37,38)/t20-,21?/m1/s1. The highest BCUT2D eigenvalue weighted by Gasteiger charge is 2.23. The maximum atomic E-state index is 12.0. The molecule has 0 aromatic carbocycles. The van der Waals surface area contributed by atoms with Crippen LogP contribution in [0.3, 0.4) is 0 Å². The minimum atomic E-state index is -1.02. The Bertz CT molecular complexity index is 767. The first-order chi connectivity index (χ1) is 18.4. The number of aliphatic carboxylic acids is 3. The number of unbranched alkanes of at least 4 members (excludes halogenated alkanes) is 1. The van der Waals surface area contributed by atoms with E-state index in [0.29, 0.717) is 78.2 Å². The number of nitrogens with two attached hydrogens (primary N) is 1. The number of carboxylic acid groups (broad SMARTS) is 3. The van der Waals surface area contributed by atoms with Gasteiger partial charge in [-0.05, 0) is 19.4 Å². The number of Topliss-reactive ketones (excluding diaryl/α,β-unsaturated/α-hetero) is 1. The first-order valence-electron chi connectivity index (χ1n) is 13.5. The van der Waals surface area contributed by atoms with Crippen LogP contribution in [0.4, 0.5) is 0 Å². The third-order valence-corrected chi connectivity index (χ3v) is 6.70. The Morgan fingerprint density at radius 3 is 1.54 bits per heavy atom. The highest BCUT2D eigenvalue weighted by molar-refractivity contribution is 5.85. The fourth-order valence-electron chi connectivity index (χ4n) is 4.45. The number of carboxylic acids is 3. The molecule has 14 heteroatoms. The van der Waals surface area contributed by atoms with E-state index < -0.39 is 30.1 Å². The van der Waals surface area contributed by atoms with Gasteiger partial charge in [0.05, 0.1) is 25.7 Å². The van der Waals surface area contributed by atoms with Gasteiger partial charge in [0.2, 0.25) is 0 Å². The van der Waals surface area contributed by atoms with Gasteiger partial charge in [0.25, 0.3) is 0 Å². The van der Waals surface area contributed by atoms with Gasteiger partial charge in [-0.1, -0.05) is 20.3 Å². The van der Waals surface area contributed by atoms with Crippen molar-refractivity contribution in [2.45, 2.75) is 45.3 Å². The lowest BCUT2D eigenvalue weighted by atomic mass is 9.98. The number of carbonyl (C=O) groups is 5. The van der Waals surface area contributed by atoms with Crippen molar-refractivity contribution >= 4 is 30.0 Å². The average molecular weight is 559 g/mol. The molecule has 1 heterocycles. The van der Waals surface area contributed by atoms with Crippen LogP contribution in [0.25, 0.3) is 0 Å². The van der Waals surface area contributed by atoms with E-state index >= 15 is 0 Å². The van der Waals surface area contributed by atoms with E-state index in [0.717, 1.165) is 6.29 Å². The summed E-state index contributed by atoms with van der Waals surface area (Å²) < 4.78 is 0. The average Bonchev–Trinajstić information content (AvgIpc) is 2.85. The summed E-state index contributed by atoms with van der Waals surface area (Å²) in [6.07, 6.45) is 2.08. The second kappa shape index (κ2) is 18.7. The molecule has 0 aromatic rings. The van der Waals surface area contributed by atoms with E-state index in [4.69, 9.17) is 5.73 Å². The molecule has 1 aliphatic heterocycles. The molecule has 0 saturated carbocycles. The van der Waals surface area contributed by atoms with Crippen LogP contribution in [0.1, 0.15) is 33.1 Å². The summed E-state index contributed by atoms with van der Waals surface area (Å²) in [5.41, 5.74) is 5.95. The fraction of sp³-hybridized carbons (Fsp3) is 0.800. The molecule has 6 N–H and O–H groups in total. The number of nitrogens with zero attached hydrogens (tertiary/aromatic N) is 4. The van der Waals surface area contributed by atoms with Crippen molar-refractivity contribution < 1.29 is 39.3 Å². The van der Waals surface area contributed by atoms with Crippen LogP contribution < -0.4 is 11.1 Å². The third kappa shape index (κ3) is 15.0. The minimum absolute atomic E-state index is 0.0240. The molecule has 2 atom stereocenters. The Kier molecular flexibility index (Phi) is 16.6. The van der Waals surface area contributed by atoms with Crippen molar-refractivity contribution in [2.24, 2.45) is 11.7 Å². The molecule has 0 radical (unpaired) electrons. The van der Waals surface area contributed by atoms with Gasteiger partial charge in [-0.25, -0.2) is 0 Å². The molecule has 1 fully saturated rings. The number of ketones is 1. The van der Waals surface area contributed by atoms with Gasteiger partial charge in [-0.15, -0.1) is 0 Å². The predicted molar refractivity (Wildman–Crippen MR) is 143 cm³/mol. The predicted octanol–water partition coefficient (Wildman–Crippen LogP) is -1.70. The van der Waals surface area contributed by atoms with Gasteiger partial charge in [0, 0.05) is 58.3 Å². The molecular weight excluding hydrogens is 512 g/mol. The van der Waals surface area contributed by atoms with Gasteiger partial charge in [-0.3, -0.25) is 44.1 Å². The van der Waals surface area contributed by atoms with E-state index in [1.807, 2.05) is 18.7 Å². The SMILES string of the molecule is CC(C)C(=O)[C@H](N)CCCCNC(C=O)N1CCN(CC(=O)O)CCN(CC(=O)O)CCN(CC(=O)O)CC1. The van der Waals surface area contributed by atoms with Crippen molar-refractivity contribution in [3.05, 3.63) is 0 Å². The van der Waals surface area contributed by atoms with E-state index in [1.165, 1.54) is 0 Å². The maximum absolute atomic E-state index is 12.0. The van der Waals surface area contributed by atoms with Crippen molar-refractivity contribution in [3.63, 3.8) is 0 Å². The molecule has 1 aliphatic rings. The quantitative estimate of drug-likeness (QED) is 0.106. The molecule has 0 aliphatic carbocycles. The molecule has 0 spiro atoms. The van der Waals surface area contributed by atoms with Crippen molar-refractivity contribution in [2.75, 3.05) is 78.5 Å². The van der Waals surface area contributed by atoms with E-state index in [2.05, 4.69) is 5.32 Å². The van der Waals surface area contributed by atoms with Gasteiger partial charge in [0.1, 0.15) is 6.17 Å². The van der Waals surface area contributed by atoms with Crippen molar-refractivity contribution in [3.8, 4) is 0 Å². The van der Waals surface area contributed by atoms with Crippen LogP contribution in [0.5, 0.6) is 0 Å². The molecule has 14 nitrogen and oxygen atoms in total. The number of carbonyl (C=O) groups excluding carboxylic acids is 2. The smallest absolute Gasteiger partial charge is 0.317 e. The number of hydrogen-bond acceptors (Lipinski definition) is 11. The first-order valence-corrected chi connectivity index (χ1v) is 13.5. The molecular formula is C25H46N6O8. The van der Waals surface area contributed by atoms with Crippen molar-refractivity contribution in [1.29, 1.82) is 0 Å². The second-order valence-electron chi connectivity index (χ2n) is 10.2. The van der Waals surface area contributed by atoms with Crippen LogP contribution in [-0.2, 0) is 24.0 Å². The van der Waals surface area contributed by atoms with Gasteiger partial charge < -0.3 is 25.8 Å². The highest BCUT2D eigenvalue weighted by atomic mass is 16.4. The van der Waals surface area contributed by atoms with Crippen molar-refractivity contribution in [1.82, 2.24) is 24.9 Å². The molecule has 0 bridgehead atoms. The summed E-state index contributed by atoms with van der Waals surface area (Å²) in [6, 6.07) is -0.506. The lowest BCUT2D eigenvalue weighted by Crippen LogP contribution is -2.54. The number of nitrogens with one attached hydrogen (secondary N) is 1. The molecule has 224 valence electrons. The summed E-state index contributed by atoms with van der Waals surface area (Å²) in [7, 11) is 0. The third-order valence-electron chi connectivity index (χ3n) is 6.70. The second-order valence-corrected chi connectivity index (χ2v) is 10.2. The number of hydrogen-bond donors (Lipinski definition) is 5. The minimum Gasteiger partial charge on any atom is -0.480 e. The zero-order valence-electron chi connectivity index (χ0n) is 23.2. The zero-order valence-corrected chi connectivity index (χ0v) is 23.2. The number of rotatable bonds is 16. The molecule has 39 heavy (non-hydrogen) atoms. The van der Waals surface area contributed by atoms with Gasteiger partial charge in [0.15, 0.2) is 12.1 Å². The van der Waals surface area contributed by atoms with E-state index in [9.17, 15) is 39.3 Å². The summed E-state index contributed by atoms with van der Waals surface area (Å²) >= 11 is 0. The maximum Gasteiger partial charge on any atom is 0.317 e. The molecule has 1 unspecified atom stereocenters. The molecule has 1 saturated heterocycles. The summed E-state index contributed by atoms with van der Waals surface area (Å²) in [6.45, 7) is 6.00. The Labute approximate surface area is 230 Å². The molecule has 1 rings (SSSR count). The van der Waals surface area contributed by atoms with Crippen LogP contribution in [-0.4, -0.2) is 156 Å². The summed E-state index contributed by atoms with van der Waals surface area (Å²) in [5, 5.41) is 31.2. The first kappa shape index (κ1) is 34.5. The molecule has 0 amide bonds. The lowest BCUT2D eigenvalue weighted by molar-refractivity contribution is -0.140. The Hall–Kier alpha value is -2.49. The van der Waals surface area contributed by atoms with Gasteiger partial charge >= 0.3 is 17.9 Å². The zero-order chi connectivity index (χ0) is 29.4. The van der Waals surface area contributed by atoms with E-state index in [1.54, 1.807) is 14.7 Å². The van der Waals surface area contributed by atoms with Crippen LogP contribution in [0, 0.1) is 5.92 Å². The molecule has 0 aromatic heterocycles. The Morgan fingerprint density at radius 2 is 1.18 bits per heavy atom. The van der Waals surface area contributed by atoms with Crippen LogP contribution in [0.15, 0.2) is 0 Å². The topological polar surface area (TPSA) is 197 Å². The Balaban J connectivity index is 2.88. The normalized spacial score (nSPS) is 19.1. The van der Waals surface area contributed by atoms with E-state index in [-0.39, 0.29) is 31.3 Å². The number of aldehydes is 1. The summed E-state index contributed by atoms with van der Waals surface area (Å²) in [5.74, 6) is -3.13. The fourth-order valence-corrected chi connectivity index (χ4v) is 4.45. The largest absolute Gasteiger partial charge is 0.480 e. The Morgan fingerprint density at radius 1 is 0.769 bits per heavy atom. The summed E-state index contributed by atoms with van der Waals surface area (Å²) in [4.78, 5) is 65.1. The lowest BCUT2D eigenvalue weighted by Gasteiger charge is -2.35.